The van der Waals surface area contributed by atoms with Gasteiger partial charge in [0.15, 0.2) is 32.3 Å². The molecule has 3 atom stereocenters. The van der Waals surface area contributed by atoms with Crippen LogP contribution >= 0.6 is 15.9 Å². The van der Waals surface area contributed by atoms with Crippen LogP contribution in [0.15, 0.2) is 51.8 Å². The van der Waals surface area contributed by atoms with Crippen molar-refractivity contribution >= 4 is 31.7 Å². The van der Waals surface area contributed by atoms with Crippen molar-refractivity contribution in [3.8, 4) is 11.5 Å². The van der Waals surface area contributed by atoms with Crippen LogP contribution < -0.4 is 14.8 Å². The maximum atomic E-state index is 13.3. The molecule has 142 valence electrons. The molecule has 0 saturated carbocycles. The van der Waals surface area contributed by atoms with Gasteiger partial charge in [0.2, 0.25) is 5.91 Å². The largest absolute Gasteiger partial charge is 0.493 e. The second-order valence-electron chi connectivity index (χ2n) is 6.93. The van der Waals surface area contributed by atoms with Crippen molar-refractivity contribution in [2.75, 3.05) is 7.11 Å². The number of carbonyl (C=O) groups is 1. The first-order valence-electron chi connectivity index (χ1n) is 8.42. The maximum Gasteiger partial charge on any atom is 0.242 e. The lowest BCUT2D eigenvalue weighted by atomic mass is 9.81. The summed E-state index contributed by atoms with van der Waals surface area (Å²) < 4.78 is 38.8. The molecule has 2 aliphatic heterocycles. The molecule has 2 aromatic rings. The van der Waals surface area contributed by atoms with Crippen LogP contribution in [0, 0.1) is 0 Å². The smallest absolute Gasteiger partial charge is 0.242 e. The van der Waals surface area contributed by atoms with E-state index in [1.54, 1.807) is 37.3 Å². The molecule has 0 aliphatic carbocycles. The Bertz CT molecular complexity index is 1020. The molecule has 1 fully saturated rings. The quantitative estimate of drug-likeness (QED) is 0.775. The summed E-state index contributed by atoms with van der Waals surface area (Å²) in [7, 11) is -2.37. The minimum Gasteiger partial charge on any atom is -0.493 e. The number of halogens is 1. The maximum absolute atomic E-state index is 13.3. The zero-order valence-corrected chi connectivity index (χ0v) is 17.1. The number of hydrogen-bond acceptors (Lipinski definition) is 5. The first-order chi connectivity index (χ1) is 12.7. The third-order valence-electron chi connectivity index (χ3n) is 5.05. The van der Waals surface area contributed by atoms with E-state index in [0.29, 0.717) is 23.5 Å². The van der Waals surface area contributed by atoms with Crippen LogP contribution in [-0.2, 0) is 14.6 Å². The van der Waals surface area contributed by atoms with Crippen molar-refractivity contribution < 1.29 is 22.7 Å². The minimum absolute atomic E-state index is 0.116. The average molecular weight is 452 g/mol. The van der Waals surface area contributed by atoms with Gasteiger partial charge in [0, 0.05) is 22.4 Å². The molecule has 0 spiro atoms. The lowest BCUT2D eigenvalue weighted by Crippen LogP contribution is -2.63. The van der Waals surface area contributed by atoms with Gasteiger partial charge < -0.3 is 14.8 Å². The molecule has 2 bridgehead atoms. The molecule has 0 radical (unpaired) electrons. The predicted octanol–water partition coefficient (Wildman–Crippen LogP) is 3.01. The highest BCUT2D eigenvalue weighted by Gasteiger charge is 2.54. The molecule has 2 heterocycles. The Hall–Kier alpha value is -2.06. The number of piperidine rings is 1. The van der Waals surface area contributed by atoms with Gasteiger partial charge in [0.25, 0.3) is 0 Å². The van der Waals surface area contributed by atoms with Crippen LogP contribution in [0.5, 0.6) is 11.5 Å². The molecule has 8 heteroatoms. The second-order valence-corrected chi connectivity index (χ2v) is 9.92. The number of carbonyl (C=O) groups excluding carboxylic acids is 1. The van der Waals surface area contributed by atoms with Gasteiger partial charge in [-0.2, -0.15) is 0 Å². The lowest BCUT2D eigenvalue weighted by molar-refractivity contribution is -0.132. The summed E-state index contributed by atoms with van der Waals surface area (Å²) in [4.78, 5) is 13.0. The van der Waals surface area contributed by atoms with Crippen LogP contribution in [0.2, 0.25) is 0 Å². The van der Waals surface area contributed by atoms with Gasteiger partial charge >= 0.3 is 0 Å². The highest BCUT2D eigenvalue weighted by molar-refractivity contribution is 9.10. The topological polar surface area (TPSA) is 81.7 Å². The van der Waals surface area contributed by atoms with Gasteiger partial charge in [0.1, 0.15) is 0 Å². The first-order valence-corrected chi connectivity index (χ1v) is 10.8. The molecule has 2 aliphatic rings. The van der Waals surface area contributed by atoms with Gasteiger partial charge in [-0.3, -0.25) is 4.79 Å². The fourth-order valence-corrected chi connectivity index (χ4v) is 5.97. The monoisotopic (exact) mass is 451 g/mol. The van der Waals surface area contributed by atoms with Crippen molar-refractivity contribution in [1.29, 1.82) is 0 Å². The van der Waals surface area contributed by atoms with E-state index in [4.69, 9.17) is 9.47 Å². The highest BCUT2D eigenvalue weighted by atomic mass is 79.9. The summed E-state index contributed by atoms with van der Waals surface area (Å²) in [5, 5.41) is 1.51. The lowest BCUT2D eigenvalue weighted by Gasteiger charge is -2.47. The van der Waals surface area contributed by atoms with E-state index in [-0.39, 0.29) is 4.90 Å². The van der Waals surface area contributed by atoms with E-state index in [1.165, 1.54) is 19.2 Å². The number of hydrogen-bond donors (Lipinski definition) is 1. The summed E-state index contributed by atoms with van der Waals surface area (Å²) in [6.07, 6.45) is 0.360. The van der Waals surface area contributed by atoms with Crippen LogP contribution in [-0.4, -0.2) is 32.4 Å². The molecule has 0 unspecified atom stereocenters. The first kappa shape index (κ1) is 18.3. The molecular weight excluding hydrogens is 434 g/mol. The van der Waals surface area contributed by atoms with E-state index in [1.807, 2.05) is 0 Å². The van der Waals surface area contributed by atoms with Crippen molar-refractivity contribution in [1.82, 2.24) is 5.32 Å². The standard InChI is InChI=1S/C19H18BrNO5S/c1-19-10-14(13-4-3-5-15(25-2)16(13)26-19)17(18(22)21-19)27(23,24)12-8-6-11(20)7-9-12/h3-9,14,17H,10H2,1-2H3,(H,21,22)/t14-,17-,19-/m0/s1. The Morgan fingerprint density at radius 3 is 2.59 bits per heavy atom. The van der Waals surface area contributed by atoms with Crippen LogP contribution in [0.3, 0.4) is 0 Å². The molecule has 0 aromatic heterocycles. The fourth-order valence-electron chi connectivity index (χ4n) is 3.88. The Morgan fingerprint density at radius 2 is 1.93 bits per heavy atom. The third kappa shape index (κ3) is 2.91. The van der Waals surface area contributed by atoms with Gasteiger partial charge in [0.05, 0.1) is 12.0 Å². The molecule has 6 nitrogen and oxygen atoms in total. The van der Waals surface area contributed by atoms with E-state index < -0.39 is 32.6 Å². The van der Waals surface area contributed by atoms with Crippen molar-refractivity contribution in [3.05, 3.63) is 52.5 Å². The fraction of sp³-hybridized carbons (Fsp3) is 0.316. The molecule has 1 amide bonds. The van der Waals surface area contributed by atoms with Crippen LogP contribution in [0.1, 0.15) is 24.8 Å². The SMILES string of the molecule is COc1cccc2c1O[C@@]1(C)C[C@@H]2[C@H](S(=O)(=O)c2ccc(Br)cc2)C(=O)N1. The Balaban J connectivity index is 1.87. The van der Waals surface area contributed by atoms with Crippen molar-refractivity contribution in [2.45, 2.75) is 35.1 Å². The number of para-hydroxylation sites is 1. The number of methoxy groups -OCH3 is 1. The number of benzene rings is 2. The third-order valence-corrected chi connectivity index (χ3v) is 7.72. The number of fused-ring (bicyclic) bond motifs is 4. The Labute approximate surface area is 165 Å². The zero-order valence-electron chi connectivity index (χ0n) is 14.7. The van der Waals surface area contributed by atoms with Gasteiger partial charge in [-0.15, -0.1) is 0 Å². The van der Waals surface area contributed by atoms with Gasteiger partial charge in [-0.05, 0) is 37.3 Å². The second kappa shape index (κ2) is 6.24. The summed E-state index contributed by atoms with van der Waals surface area (Å²) in [6, 6.07) is 11.6. The van der Waals surface area contributed by atoms with Crippen LogP contribution in [0.25, 0.3) is 0 Å². The minimum atomic E-state index is -3.90. The van der Waals surface area contributed by atoms with E-state index in [0.717, 1.165) is 4.47 Å². The molecule has 1 saturated heterocycles. The Kier molecular flexibility index (Phi) is 4.23. The number of amides is 1. The van der Waals surface area contributed by atoms with E-state index in [2.05, 4.69) is 21.2 Å². The average Bonchev–Trinajstić information content (AvgIpc) is 2.60. The predicted molar refractivity (Wildman–Crippen MR) is 103 cm³/mol. The van der Waals surface area contributed by atoms with Crippen LogP contribution in [0.4, 0.5) is 0 Å². The number of sulfone groups is 1. The van der Waals surface area contributed by atoms with E-state index in [9.17, 15) is 13.2 Å². The summed E-state index contributed by atoms with van der Waals surface area (Å²) >= 11 is 3.30. The summed E-state index contributed by atoms with van der Waals surface area (Å²) in [5.41, 5.74) is -0.304. The normalized spacial score (nSPS) is 26.6. The summed E-state index contributed by atoms with van der Waals surface area (Å²) in [6.45, 7) is 1.75. The molecular formula is C19H18BrNO5S. The van der Waals surface area contributed by atoms with E-state index >= 15 is 0 Å². The number of rotatable bonds is 3. The van der Waals surface area contributed by atoms with Crippen molar-refractivity contribution in [3.63, 3.8) is 0 Å². The number of nitrogens with one attached hydrogen (secondary N) is 1. The van der Waals surface area contributed by atoms with Gasteiger partial charge in [-0.1, -0.05) is 28.1 Å². The molecule has 1 N–H and O–H groups in total. The summed E-state index contributed by atoms with van der Waals surface area (Å²) in [5.74, 6) is -0.0875. The molecule has 27 heavy (non-hydrogen) atoms. The van der Waals surface area contributed by atoms with Crippen molar-refractivity contribution in [2.24, 2.45) is 0 Å². The Morgan fingerprint density at radius 1 is 1.22 bits per heavy atom. The van der Waals surface area contributed by atoms with Gasteiger partial charge in [-0.25, -0.2) is 8.42 Å². The highest BCUT2D eigenvalue weighted by Crippen LogP contribution is 2.50. The number of ether oxygens (including phenoxy) is 2. The molecule has 4 rings (SSSR count). The molecule has 2 aromatic carbocycles. The zero-order chi connectivity index (χ0) is 19.4.